The Labute approximate surface area is 222 Å². The van der Waals surface area contributed by atoms with Gasteiger partial charge < -0.3 is 112 Å². The summed E-state index contributed by atoms with van der Waals surface area (Å²) in [7, 11) is -29.0. The molecule has 0 heterocycles. The molecule has 0 fully saturated rings. The fourth-order valence-electron chi connectivity index (χ4n) is 0. The molecule has 0 spiro atoms. The van der Waals surface area contributed by atoms with Crippen LogP contribution >= 0.6 is 0 Å². The van der Waals surface area contributed by atoms with E-state index >= 15 is 0 Å². The van der Waals surface area contributed by atoms with E-state index in [1.54, 1.807) is 0 Å². The van der Waals surface area contributed by atoms with E-state index in [0.717, 1.165) is 0 Å². The van der Waals surface area contributed by atoms with Crippen molar-refractivity contribution in [3.8, 4) is 0 Å². The molecule has 0 saturated carbocycles. The third-order valence-electron chi connectivity index (χ3n) is 0. The Hall–Kier alpha value is -1.81. The third-order valence-corrected chi connectivity index (χ3v) is 0. The van der Waals surface area contributed by atoms with Crippen molar-refractivity contribution in [1.29, 1.82) is 0 Å². The summed E-state index contributed by atoms with van der Waals surface area (Å²) < 4.78 is 68.1. The average molecular weight is 649 g/mol. The summed E-state index contributed by atoms with van der Waals surface area (Å²) in [4.78, 5) is 136. The van der Waals surface area contributed by atoms with E-state index in [9.17, 15) is 0 Å². The Bertz CT molecular complexity index is 361. The van der Waals surface area contributed by atoms with Crippen LogP contribution in [-0.4, -0.2) is 111 Å². The molecule has 33 heavy (non-hydrogen) atoms. The maximum Gasteiger partial charge on any atom is 2.00 e. The Kier molecular flexibility index (Phi) is 91.4. The zero-order valence-electron chi connectivity index (χ0n) is 14.5. The minimum absolute atomic E-state index is 0. The summed E-state index contributed by atoms with van der Waals surface area (Å²) in [6.07, 6.45) is 0. The fraction of sp³-hybridized carbons (Fsp3) is 0. The SMILES string of the molecule is O=[Si]([O-])[O-].O=[Si]([O-])[O-].O=[Si]([O-])[O-].O=[Si]([O-])[O-].O=[Si]([O-])[O-].O=[Si]([O-])[O-].O=[Si]([O-])[O-].O=[Si]([O-])[O-].[Ca+2]. The molecule has 0 aromatic rings. The normalized spacial score (nSPS) is 5.82. The van der Waals surface area contributed by atoms with Gasteiger partial charge in [0.15, 0.2) is 0 Å². The van der Waals surface area contributed by atoms with E-state index < -0.39 is 73.4 Å². The van der Waals surface area contributed by atoms with E-state index in [0.29, 0.717) is 0 Å². The van der Waals surface area contributed by atoms with Crippen LogP contribution in [0.2, 0.25) is 0 Å². The standard InChI is InChI=1S/Ca.8O3Si/c;8*1-4(2)3/q+2;8*-2. The summed E-state index contributed by atoms with van der Waals surface area (Å²) >= 11 is 0. The number of hydrogen-bond donors (Lipinski definition) is 0. The molecule has 0 rings (SSSR count). The maximum absolute atomic E-state index is 8.52. The topological polar surface area (TPSA) is 506 Å². The van der Waals surface area contributed by atoms with Crippen molar-refractivity contribution in [3.05, 3.63) is 0 Å². The first-order valence-corrected chi connectivity index (χ1v) is 14.7. The molecular formula is CaO24Si8-14. The van der Waals surface area contributed by atoms with Crippen molar-refractivity contribution in [1.82, 2.24) is 0 Å². The Morgan fingerprint density at radius 3 is 0.212 bits per heavy atom. The van der Waals surface area contributed by atoms with Crippen LogP contribution in [0.15, 0.2) is 0 Å². The molecule has 0 N–H and O–H groups in total. The van der Waals surface area contributed by atoms with Crippen LogP contribution in [0, 0.1) is 0 Å². The fourth-order valence-corrected chi connectivity index (χ4v) is 0. The van der Waals surface area contributed by atoms with Crippen LogP contribution in [0.4, 0.5) is 0 Å². The Morgan fingerprint density at radius 1 is 0.212 bits per heavy atom. The van der Waals surface area contributed by atoms with Crippen LogP contribution < -0.4 is 76.7 Å². The first kappa shape index (κ1) is 57.7. The molecule has 0 aromatic heterocycles. The second kappa shape index (κ2) is 52.2. The molecule has 0 aromatic carbocycles. The van der Waals surface area contributed by atoms with Crippen LogP contribution in [0.1, 0.15) is 0 Å². The minimum atomic E-state index is -3.63. The minimum Gasteiger partial charge on any atom is -0.672 e. The van der Waals surface area contributed by atoms with Gasteiger partial charge in [-0.2, -0.15) is 0 Å². The zero-order valence-corrected chi connectivity index (χ0v) is 24.7. The quantitative estimate of drug-likeness (QED) is 0.220. The van der Waals surface area contributed by atoms with E-state index in [4.69, 9.17) is 112 Å². The second-order valence-corrected chi connectivity index (χ2v) is 6.00. The van der Waals surface area contributed by atoms with Gasteiger partial charge in [-0.05, 0) is 0 Å². The van der Waals surface area contributed by atoms with Crippen molar-refractivity contribution >= 4 is 111 Å². The van der Waals surface area contributed by atoms with Crippen LogP contribution in [0.3, 0.4) is 0 Å². The largest absolute Gasteiger partial charge is 2.00 e. The predicted molar refractivity (Wildman–Crippen MR) is 57.3 cm³/mol. The molecule has 0 atom stereocenters. The van der Waals surface area contributed by atoms with Crippen LogP contribution in [0.5, 0.6) is 0 Å². The van der Waals surface area contributed by atoms with E-state index in [1.165, 1.54) is 0 Å². The zero-order chi connectivity index (χ0) is 28.6. The summed E-state index contributed by atoms with van der Waals surface area (Å²) in [5.74, 6) is 0. The molecule has 0 unspecified atom stereocenters. The van der Waals surface area contributed by atoms with Gasteiger partial charge >= 0.3 is 37.7 Å². The molecule has 0 bridgehead atoms. The average Bonchev–Trinajstić information content (AvgIpc) is 2.30. The molecule has 0 aliphatic heterocycles. The van der Waals surface area contributed by atoms with Gasteiger partial charge in [-0.25, -0.2) is 0 Å². The molecular weight excluding hydrogens is 649 g/mol. The molecule has 0 saturated heterocycles. The summed E-state index contributed by atoms with van der Waals surface area (Å²) in [6.45, 7) is 0. The van der Waals surface area contributed by atoms with Crippen molar-refractivity contribution in [2.45, 2.75) is 0 Å². The van der Waals surface area contributed by atoms with Gasteiger partial charge in [0, 0.05) is 73.4 Å². The second-order valence-electron chi connectivity index (χ2n) is 2.00. The molecule has 0 aliphatic rings. The summed E-state index contributed by atoms with van der Waals surface area (Å²) in [6, 6.07) is 0. The van der Waals surface area contributed by atoms with Gasteiger partial charge in [-0.3, -0.25) is 0 Å². The van der Waals surface area contributed by atoms with Gasteiger partial charge in [0.2, 0.25) is 0 Å². The van der Waals surface area contributed by atoms with Crippen LogP contribution in [0.25, 0.3) is 0 Å². The van der Waals surface area contributed by atoms with Crippen molar-refractivity contribution < 1.29 is 112 Å². The maximum atomic E-state index is 8.52. The van der Waals surface area contributed by atoms with E-state index in [-0.39, 0.29) is 37.7 Å². The van der Waals surface area contributed by atoms with E-state index in [1.807, 2.05) is 0 Å². The monoisotopic (exact) mass is 648 g/mol. The number of hydrogen-bond acceptors (Lipinski definition) is 24. The molecule has 192 valence electrons. The van der Waals surface area contributed by atoms with Gasteiger partial charge in [0.1, 0.15) is 0 Å². The first-order valence-electron chi connectivity index (χ1n) is 4.90. The first-order chi connectivity index (χ1) is 13.9. The molecule has 0 amide bonds. The Balaban J connectivity index is -0.0000000284. The van der Waals surface area contributed by atoms with Gasteiger partial charge in [-0.15, -0.1) is 0 Å². The van der Waals surface area contributed by atoms with Crippen LogP contribution in [-0.2, 0) is 35.7 Å². The third kappa shape index (κ3) is 7370. The summed E-state index contributed by atoms with van der Waals surface area (Å²) in [5.41, 5.74) is 0. The molecule has 0 aliphatic carbocycles. The molecule has 33 heteroatoms. The Morgan fingerprint density at radius 2 is 0.212 bits per heavy atom. The van der Waals surface area contributed by atoms with Gasteiger partial charge in [0.25, 0.3) is 0 Å². The van der Waals surface area contributed by atoms with Crippen molar-refractivity contribution in [2.24, 2.45) is 0 Å². The smallest absolute Gasteiger partial charge is 0.672 e. The van der Waals surface area contributed by atoms with Gasteiger partial charge in [-0.1, -0.05) is 0 Å². The molecule has 24 nitrogen and oxygen atoms in total. The summed E-state index contributed by atoms with van der Waals surface area (Å²) in [5, 5.41) is 0. The number of rotatable bonds is 0. The predicted octanol–water partition coefficient (Wildman–Crippen LogP) is -23.4. The van der Waals surface area contributed by atoms with Gasteiger partial charge in [0.05, 0.1) is 0 Å². The van der Waals surface area contributed by atoms with Crippen molar-refractivity contribution in [3.63, 3.8) is 0 Å². The van der Waals surface area contributed by atoms with E-state index in [2.05, 4.69) is 0 Å². The van der Waals surface area contributed by atoms with Crippen molar-refractivity contribution in [2.75, 3.05) is 0 Å². The molecule has 0 radical (unpaired) electrons.